The summed E-state index contributed by atoms with van der Waals surface area (Å²) >= 11 is 0. The number of hydrogen-bond acceptors (Lipinski definition) is 1. The minimum absolute atomic E-state index is 0.134. The second kappa shape index (κ2) is 2.76. The Morgan fingerprint density at radius 3 is 2.43 bits per heavy atom. The predicted molar refractivity (Wildman–Crippen MR) is 49.0 cm³/mol. The van der Waals surface area contributed by atoms with Gasteiger partial charge in [0.1, 0.15) is 11.6 Å². The van der Waals surface area contributed by atoms with Crippen LogP contribution in [0, 0.1) is 11.6 Å². The van der Waals surface area contributed by atoms with Gasteiger partial charge in [-0.25, -0.2) is 8.78 Å². The highest BCUT2D eigenvalue weighted by Gasteiger charge is 2.40. The number of fused-ring (bicyclic) bond motifs is 1. The molecule has 1 atom stereocenters. The Bertz CT molecular complexity index is 385. The molecule has 1 aliphatic rings. The highest BCUT2D eigenvalue weighted by Crippen LogP contribution is 2.46. The second-order valence-corrected chi connectivity index (χ2v) is 4.42. The molecule has 2 rings (SSSR count). The molecule has 0 aliphatic heterocycles. The summed E-state index contributed by atoms with van der Waals surface area (Å²) in [5, 5.41) is 9.62. The SMILES string of the molecule is CC1(C)C[C@@H](O)c2c(F)ccc(F)c21. The Labute approximate surface area is 81.4 Å². The molecule has 1 aromatic carbocycles. The summed E-state index contributed by atoms with van der Waals surface area (Å²) in [5.41, 5.74) is -0.0269. The fourth-order valence-corrected chi connectivity index (χ4v) is 2.27. The molecule has 0 unspecified atom stereocenters. The van der Waals surface area contributed by atoms with Crippen LogP contribution in [-0.2, 0) is 5.41 Å². The molecule has 0 saturated carbocycles. The molecule has 0 radical (unpaired) electrons. The summed E-state index contributed by atoms with van der Waals surface area (Å²) in [4.78, 5) is 0. The zero-order valence-electron chi connectivity index (χ0n) is 8.14. The summed E-state index contributed by atoms with van der Waals surface area (Å²) in [5.74, 6) is -0.942. The van der Waals surface area contributed by atoms with E-state index < -0.39 is 23.2 Å². The Hall–Kier alpha value is -0.960. The Morgan fingerprint density at radius 2 is 1.86 bits per heavy atom. The minimum Gasteiger partial charge on any atom is -0.388 e. The molecule has 1 N–H and O–H groups in total. The highest BCUT2D eigenvalue weighted by molar-refractivity contribution is 5.42. The van der Waals surface area contributed by atoms with E-state index in [0.29, 0.717) is 12.0 Å². The van der Waals surface area contributed by atoms with E-state index in [1.807, 2.05) is 13.8 Å². The van der Waals surface area contributed by atoms with Crippen LogP contribution in [0.3, 0.4) is 0 Å². The van der Waals surface area contributed by atoms with Crippen LogP contribution in [0.25, 0.3) is 0 Å². The Morgan fingerprint density at radius 1 is 1.29 bits per heavy atom. The maximum Gasteiger partial charge on any atom is 0.129 e. The number of benzene rings is 1. The van der Waals surface area contributed by atoms with Crippen LogP contribution < -0.4 is 0 Å². The zero-order chi connectivity index (χ0) is 10.5. The van der Waals surface area contributed by atoms with Crippen molar-refractivity contribution in [3.63, 3.8) is 0 Å². The van der Waals surface area contributed by atoms with Crippen LogP contribution in [0.1, 0.15) is 37.5 Å². The first kappa shape index (κ1) is 9.59. The third kappa shape index (κ3) is 1.16. The molecule has 1 nitrogen and oxygen atoms in total. The summed E-state index contributed by atoms with van der Waals surface area (Å²) in [6, 6.07) is 2.19. The number of hydrogen-bond donors (Lipinski definition) is 1. The molecule has 1 aliphatic carbocycles. The normalized spacial score (nSPS) is 23.6. The average Bonchev–Trinajstić information content (AvgIpc) is 2.30. The lowest BCUT2D eigenvalue weighted by Gasteiger charge is -2.18. The van der Waals surface area contributed by atoms with E-state index in [0.717, 1.165) is 12.1 Å². The van der Waals surface area contributed by atoms with Gasteiger partial charge >= 0.3 is 0 Å². The van der Waals surface area contributed by atoms with Crippen molar-refractivity contribution in [2.45, 2.75) is 31.8 Å². The van der Waals surface area contributed by atoms with E-state index in [4.69, 9.17) is 0 Å². The molecule has 3 heteroatoms. The first-order valence-electron chi connectivity index (χ1n) is 4.60. The molecule has 1 aromatic rings. The number of halogens is 2. The van der Waals surface area contributed by atoms with Gasteiger partial charge in [0.25, 0.3) is 0 Å². The van der Waals surface area contributed by atoms with E-state index in [9.17, 15) is 13.9 Å². The highest BCUT2D eigenvalue weighted by atomic mass is 19.1. The lowest BCUT2D eigenvalue weighted by molar-refractivity contribution is 0.158. The molecule has 0 bridgehead atoms. The van der Waals surface area contributed by atoms with Gasteiger partial charge in [-0.15, -0.1) is 0 Å². The summed E-state index contributed by atoms with van der Waals surface area (Å²) in [6.45, 7) is 3.62. The molecular weight excluding hydrogens is 186 g/mol. The van der Waals surface area contributed by atoms with Gasteiger partial charge < -0.3 is 5.11 Å². The molecule has 14 heavy (non-hydrogen) atoms. The van der Waals surface area contributed by atoms with Crippen molar-refractivity contribution in [3.05, 3.63) is 34.9 Å². The van der Waals surface area contributed by atoms with Crippen LogP contribution in [-0.4, -0.2) is 5.11 Å². The van der Waals surface area contributed by atoms with Crippen molar-refractivity contribution in [1.29, 1.82) is 0 Å². The van der Waals surface area contributed by atoms with E-state index in [1.165, 1.54) is 0 Å². The van der Waals surface area contributed by atoms with Gasteiger partial charge in [0.2, 0.25) is 0 Å². The third-order valence-electron chi connectivity index (χ3n) is 2.86. The van der Waals surface area contributed by atoms with Gasteiger partial charge in [-0.05, 0) is 24.0 Å². The standard InChI is InChI=1S/C11H12F2O/c1-11(2)5-8(14)9-6(12)3-4-7(13)10(9)11/h3-4,8,14H,5H2,1-2H3/t8-/m1/s1. The summed E-state index contributed by atoms with van der Waals surface area (Å²) in [7, 11) is 0. The van der Waals surface area contributed by atoms with E-state index in [1.54, 1.807) is 0 Å². The minimum atomic E-state index is -0.879. The molecule has 0 aromatic heterocycles. The predicted octanol–water partition coefficient (Wildman–Crippen LogP) is 2.68. The van der Waals surface area contributed by atoms with Gasteiger partial charge in [-0.1, -0.05) is 13.8 Å². The van der Waals surface area contributed by atoms with Crippen molar-refractivity contribution in [2.24, 2.45) is 0 Å². The van der Waals surface area contributed by atoms with Gasteiger partial charge in [0.15, 0.2) is 0 Å². The van der Waals surface area contributed by atoms with Crippen LogP contribution >= 0.6 is 0 Å². The van der Waals surface area contributed by atoms with E-state index in [2.05, 4.69) is 0 Å². The maximum atomic E-state index is 13.5. The summed E-state index contributed by atoms with van der Waals surface area (Å²) in [6.07, 6.45) is -0.504. The molecule has 76 valence electrons. The van der Waals surface area contributed by atoms with E-state index in [-0.39, 0.29) is 5.56 Å². The zero-order valence-corrected chi connectivity index (χ0v) is 8.14. The van der Waals surface area contributed by atoms with Crippen LogP contribution in [0.4, 0.5) is 8.78 Å². The fraction of sp³-hybridized carbons (Fsp3) is 0.455. The number of aliphatic hydroxyl groups is 1. The molecule has 0 saturated heterocycles. The van der Waals surface area contributed by atoms with Gasteiger partial charge in [0, 0.05) is 11.1 Å². The van der Waals surface area contributed by atoms with Crippen molar-refractivity contribution in [2.75, 3.05) is 0 Å². The van der Waals surface area contributed by atoms with Crippen LogP contribution in [0.5, 0.6) is 0 Å². The number of aliphatic hydroxyl groups excluding tert-OH is 1. The van der Waals surface area contributed by atoms with E-state index >= 15 is 0 Å². The van der Waals surface area contributed by atoms with Gasteiger partial charge in [0.05, 0.1) is 6.10 Å². The molecule has 0 heterocycles. The maximum absolute atomic E-state index is 13.5. The first-order valence-corrected chi connectivity index (χ1v) is 4.60. The molecular formula is C11H12F2O. The smallest absolute Gasteiger partial charge is 0.129 e. The van der Waals surface area contributed by atoms with Crippen molar-refractivity contribution in [3.8, 4) is 0 Å². The Balaban J connectivity index is 2.73. The van der Waals surface area contributed by atoms with Crippen molar-refractivity contribution in [1.82, 2.24) is 0 Å². The van der Waals surface area contributed by atoms with Gasteiger partial charge in [-0.2, -0.15) is 0 Å². The lowest BCUT2D eigenvalue weighted by Crippen LogP contribution is -2.14. The second-order valence-electron chi connectivity index (χ2n) is 4.42. The average molecular weight is 198 g/mol. The topological polar surface area (TPSA) is 20.2 Å². The number of rotatable bonds is 0. The fourth-order valence-electron chi connectivity index (χ4n) is 2.27. The van der Waals surface area contributed by atoms with Crippen LogP contribution in [0.15, 0.2) is 12.1 Å². The molecule has 0 spiro atoms. The molecule has 0 fully saturated rings. The molecule has 0 amide bonds. The Kier molecular flexibility index (Phi) is 1.89. The monoisotopic (exact) mass is 198 g/mol. The first-order chi connectivity index (χ1) is 6.43. The van der Waals surface area contributed by atoms with Crippen molar-refractivity contribution < 1.29 is 13.9 Å². The van der Waals surface area contributed by atoms with Crippen LogP contribution in [0.2, 0.25) is 0 Å². The summed E-state index contributed by atoms with van der Waals surface area (Å²) < 4.78 is 26.8. The third-order valence-corrected chi connectivity index (χ3v) is 2.86. The quantitative estimate of drug-likeness (QED) is 0.679. The largest absolute Gasteiger partial charge is 0.388 e. The lowest BCUT2D eigenvalue weighted by atomic mass is 9.86. The van der Waals surface area contributed by atoms with Crippen molar-refractivity contribution >= 4 is 0 Å². The van der Waals surface area contributed by atoms with Gasteiger partial charge in [-0.3, -0.25) is 0 Å².